The number of aliphatic carboxylic acids is 1. The normalized spacial score (nSPS) is 16.5. The van der Waals surface area contributed by atoms with Crippen molar-refractivity contribution in [3.8, 4) is 0 Å². The molecule has 1 aromatic rings. The quantitative estimate of drug-likeness (QED) is 0.661. The first-order valence-electron chi connectivity index (χ1n) is 5.37. The fraction of sp³-hybridized carbons (Fsp3) is 0.667. The van der Waals surface area contributed by atoms with Gasteiger partial charge in [0.25, 0.3) is 0 Å². The zero-order valence-electron chi connectivity index (χ0n) is 9.11. The molecule has 0 aliphatic heterocycles. The Hall–Kier alpha value is -1.99. The first kappa shape index (κ1) is 11.5. The van der Waals surface area contributed by atoms with Crippen molar-refractivity contribution in [2.24, 2.45) is 5.92 Å². The van der Waals surface area contributed by atoms with Crippen molar-refractivity contribution in [3.05, 3.63) is 6.33 Å². The molecule has 17 heavy (non-hydrogen) atoms. The Balaban J connectivity index is 1.84. The van der Waals surface area contributed by atoms with Gasteiger partial charge in [-0.3, -0.25) is 9.59 Å². The number of nitrogens with one attached hydrogen (secondary N) is 1. The van der Waals surface area contributed by atoms with Crippen LogP contribution in [0, 0.1) is 5.92 Å². The third kappa shape index (κ3) is 3.51. The Morgan fingerprint density at radius 2 is 2.29 bits per heavy atom. The highest BCUT2D eigenvalue weighted by Crippen LogP contribution is 2.33. The van der Waals surface area contributed by atoms with Gasteiger partial charge in [-0.15, -0.1) is 5.10 Å². The largest absolute Gasteiger partial charge is 0.481 e. The van der Waals surface area contributed by atoms with Gasteiger partial charge in [-0.05, 0) is 29.2 Å². The van der Waals surface area contributed by atoms with Gasteiger partial charge in [0.2, 0.25) is 5.91 Å². The molecule has 0 saturated heterocycles. The second-order valence-corrected chi connectivity index (χ2v) is 4.12. The molecule has 1 atom stereocenters. The van der Waals surface area contributed by atoms with Gasteiger partial charge in [0.15, 0.2) is 0 Å². The summed E-state index contributed by atoms with van der Waals surface area (Å²) in [4.78, 5) is 22.3. The van der Waals surface area contributed by atoms with Crippen LogP contribution in [0.3, 0.4) is 0 Å². The molecule has 1 aliphatic rings. The molecule has 8 nitrogen and oxygen atoms in total. The average molecular weight is 239 g/mol. The Bertz CT molecular complexity index is 401. The monoisotopic (exact) mass is 239 g/mol. The van der Waals surface area contributed by atoms with Crippen LogP contribution < -0.4 is 5.32 Å². The van der Waals surface area contributed by atoms with Crippen molar-refractivity contribution < 1.29 is 14.7 Å². The van der Waals surface area contributed by atoms with Crippen LogP contribution in [-0.2, 0) is 16.1 Å². The summed E-state index contributed by atoms with van der Waals surface area (Å²) in [6.07, 6.45) is 3.25. The number of hydrogen-bond donors (Lipinski definition) is 2. The molecule has 1 unspecified atom stereocenters. The van der Waals surface area contributed by atoms with Crippen LogP contribution in [0.2, 0.25) is 0 Å². The Labute approximate surface area is 97.0 Å². The zero-order chi connectivity index (χ0) is 12.3. The molecule has 8 heteroatoms. The molecule has 2 N–H and O–H groups in total. The number of amides is 1. The average Bonchev–Trinajstić information content (AvgIpc) is 2.97. The van der Waals surface area contributed by atoms with Gasteiger partial charge < -0.3 is 10.4 Å². The van der Waals surface area contributed by atoms with E-state index in [0.717, 1.165) is 12.8 Å². The van der Waals surface area contributed by atoms with Gasteiger partial charge in [-0.25, -0.2) is 4.68 Å². The van der Waals surface area contributed by atoms with Crippen LogP contribution in [0.25, 0.3) is 0 Å². The van der Waals surface area contributed by atoms with Gasteiger partial charge in [-0.2, -0.15) is 0 Å². The van der Waals surface area contributed by atoms with Crippen molar-refractivity contribution in [3.63, 3.8) is 0 Å². The topological polar surface area (TPSA) is 110 Å². The fourth-order valence-electron chi connectivity index (χ4n) is 1.67. The summed E-state index contributed by atoms with van der Waals surface area (Å²) in [6, 6.07) is -0.281. The minimum atomic E-state index is -0.898. The predicted molar refractivity (Wildman–Crippen MR) is 54.7 cm³/mol. The van der Waals surface area contributed by atoms with E-state index >= 15 is 0 Å². The van der Waals surface area contributed by atoms with Gasteiger partial charge in [0.1, 0.15) is 12.9 Å². The van der Waals surface area contributed by atoms with Crippen molar-refractivity contribution >= 4 is 11.9 Å². The highest BCUT2D eigenvalue weighted by atomic mass is 16.4. The summed E-state index contributed by atoms with van der Waals surface area (Å²) in [5.74, 6) is -0.871. The third-order valence-electron chi connectivity index (χ3n) is 2.63. The minimum absolute atomic E-state index is 0.00976. The standard InChI is InChI=1S/C9H13N5O3/c15-8(4-14-5-10-12-13-14)11-7(3-9(16)17)6-1-2-6/h5-7H,1-4H2,(H,11,15)(H,16,17). The number of rotatable bonds is 6. The summed E-state index contributed by atoms with van der Waals surface area (Å²) in [5, 5.41) is 21.8. The molecule has 1 fully saturated rings. The highest BCUT2D eigenvalue weighted by Gasteiger charge is 2.33. The molecule has 0 aromatic carbocycles. The van der Waals surface area contributed by atoms with E-state index in [1.165, 1.54) is 11.0 Å². The summed E-state index contributed by atoms with van der Waals surface area (Å²) >= 11 is 0. The van der Waals surface area contributed by atoms with Crippen LogP contribution in [0.5, 0.6) is 0 Å². The second kappa shape index (κ2) is 4.89. The smallest absolute Gasteiger partial charge is 0.305 e. The van der Waals surface area contributed by atoms with Gasteiger partial charge in [0.05, 0.1) is 6.42 Å². The number of carboxylic acids is 1. The number of tetrazole rings is 1. The number of nitrogens with zero attached hydrogens (tertiary/aromatic N) is 4. The zero-order valence-corrected chi connectivity index (χ0v) is 9.11. The summed E-state index contributed by atoms with van der Waals surface area (Å²) in [6.45, 7) is 0.00976. The molecule has 1 saturated carbocycles. The molecule has 0 bridgehead atoms. The maximum absolute atomic E-state index is 11.6. The van der Waals surface area contributed by atoms with Crippen molar-refractivity contribution in [1.82, 2.24) is 25.5 Å². The van der Waals surface area contributed by atoms with E-state index in [4.69, 9.17) is 5.11 Å². The van der Waals surface area contributed by atoms with Crippen LogP contribution in [0.4, 0.5) is 0 Å². The molecule has 92 valence electrons. The SMILES string of the molecule is O=C(O)CC(NC(=O)Cn1cnnn1)C1CC1. The molecular formula is C9H13N5O3. The van der Waals surface area contributed by atoms with Gasteiger partial charge in [-0.1, -0.05) is 0 Å². The number of carbonyl (C=O) groups is 2. The van der Waals surface area contributed by atoms with Gasteiger partial charge in [0, 0.05) is 6.04 Å². The second-order valence-electron chi connectivity index (χ2n) is 4.12. The van der Waals surface area contributed by atoms with Crippen LogP contribution >= 0.6 is 0 Å². The lowest BCUT2D eigenvalue weighted by Gasteiger charge is -2.15. The van der Waals surface area contributed by atoms with Crippen molar-refractivity contribution in [1.29, 1.82) is 0 Å². The Morgan fingerprint density at radius 1 is 1.53 bits per heavy atom. The van der Waals surface area contributed by atoms with E-state index in [0.29, 0.717) is 5.92 Å². The van der Waals surface area contributed by atoms with Crippen LogP contribution in [-0.4, -0.2) is 43.2 Å². The maximum atomic E-state index is 11.6. The third-order valence-corrected chi connectivity index (χ3v) is 2.63. The maximum Gasteiger partial charge on any atom is 0.305 e. The Kier molecular flexibility index (Phi) is 3.31. The number of carboxylic acid groups (broad SMARTS) is 1. The van der Waals surface area contributed by atoms with E-state index in [1.807, 2.05) is 0 Å². The molecule has 0 radical (unpaired) electrons. The first-order valence-corrected chi connectivity index (χ1v) is 5.37. The lowest BCUT2D eigenvalue weighted by Crippen LogP contribution is -2.39. The molecule has 0 spiro atoms. The number of carbonyl (C=O) groups excluding carboxylic acids is 1. The van der Waals surface area contributed by atoms with Crippen LogP contribution in [0.1, 0.15) is 19.3 Å². The fourth-order valence-corrected chi connectivity index (χ4v) is 1.67. The number of hydrogen-bond acceptors (Lipinski definition) is 5. The predicted octanol–water partition coefficient (Wildman–Crippen LogP) is -0.957. The number of aromatic nitrogens is 4. The van der Waals surface area contributed by atoms with Gasteiger partial charge >= 0.3 is 5.97 Å². The highest BCUT2D eigenvalue weighted by molar-refractivity contribution is 5.77. The van der Waals surface area contributed by atoms with Crippen molar-refractivity contribution in [2.45, 2.75) is 31.8 Å². The summed E-state index contributed by atoms with van der Waals surface area (Å²) < 4.78 is 1.29. The first-order chi connectivity index (χ1) is 8.15. The minimum Gasteiger partial charge on any atom is -0.481 e. The van der Waals surface area contributed by atoms with E-state index < -0.39 is 5.97 Å². The van der Waals surface area contributed by atoms with E-state index in [2.05, 4.69) is 20.8 Å². The van der Waals surface area contributed by atoms with Crippen LogP contribution in [0.15, 0.2) is 6.33 Å². The molecule has 1 heterocycles. The molecule has 2 rings (SSSR count). The van der Waals surface area contributed by atoms with E-state index in [-0.39, 0.29) is 24.9 Å². The van der Waals surface area contributed by atoms with Crippen molar-refractivity contribution in [2.75, 3.05) is 0 Å². The molecule has 1 amide bonds. The molecule has 1 aliphatic carbocycles. The van der Waals surface area contributed by atoms with E-state index in [1.54, 1.807) is 0 Å². The van der Waals surface area contributed by atoms with E-state index in [9.17, 15) is 9.59 Å². The molecule has 1 aromatic heterocycles. The summed E-state index contributed by atoms with van der Waals surface area (Å²) in [7, 11) is 0. The lowest BCUT2D eigenvalue weighted by atomic mass is 10.1. The molecular weight excluding hydrogens is 226 g/mol. The Morgan fingerprint density at radius 3 is 2.82 bits per heavy atom. The summed E-state index contributed by atoms with van der Waals surface area (Å²) in [5.41, 5.74) is 0. The lowest BCUT2D eigenvalue weighted by molar-refractivity contribution is -0.137.